The Hall–Kier alpha value is -2.21. The largest absolute Gasteiger partial charge is 0.389 e. The number of aryl methyl sites for hydroxylation is 1. The number of hydrogen-bond donors (Lipinski definition) is 2. The predicted octanol–water partition coefficient (Wildman–Crippen LogP) is 2.44. The van der Waals surface area contributed by atoms with Gasteiger partial charge in [0.15, 0.2) is 5.78 Å². The van der Waals surface area contributed by atoms with Crippen molar-refractivity contribution in [3.63, 3.8) is 0 Å². The minimum Gasteiger partial charge on any atom is -0.389 e. The molecule has 1 saturated carbocycles. The molecule has 27 heavy (non-hydrogen) atoms. The van der Waals surface area contributed by atoms with E-state index in [-0.39, 0.29) is 5.91 Å². The lowest BCUT2D eigenvalue weighted by Crippen LogP contribution is -2.47. The summed E-state index contributed by atoms with van der Waals surface area (Å²) in [6, 6.07) is 7.81. The first kappa shape index (κ1) is 19.5. The number of Topliss-reactive ketones (excluding diaryl/α,β-unsaturated/α-hetero) is 1. The second-order valence-corrected chi connectivity index (χ2v) is 7.61. The van der Waals surface area contributed by atoms with Crippen molar-refractivity contribution in [2.75, 3.05) is 6.61 Å². The van der Waals surface area contributed by atoms with Gasteiger partial charge in [0.05, 0.1) is 0 Å². The molecule has 0 unspecified atom stereocenters. The molecule has 0 aromatic heterocycles. The number of benzene rings is 1. The summed E-state index contributed by atoms with van der Waals surface area (Å²) < 4.78 is 0. The molecule has 1 aliphatic carbocycles. The minimum atomic E-state index is -0.854. The molecule has 2 atom stereocenters. The lowest BCUT2D eigenvalue weighted by Gasteiger charge is -2.29. The fraction of sp³-hybridized carbons (Fsp3) is 0.571. The number of imide groups is 1. The maximum absolute atomic E-state index is 12.8. The van der Waals surface area contributed by atoms with E-state index >= 15 is 0 Å². The minimum absolute atomic E-state index is 0.322. The summed E-state index contributed by atoms with van der Waals surface area (Å²) >= 11 is 0. The van der Waals surface area contributed by atoms with Crippen molar-refractivity contribution in [2.45, 2.75) is 63.5 Å². The molecular formula is C21H28N2O4. The van der Waals surface area contributed by atoms with E-state index in [1.54, 1.807) is 0 Å². The topological polar surface area (TPSA) is 86.7 Å². The van der Waals surface area contributed by atoms with Crippen LogP contribution in [0.2, 0.25) is 0 Å². The van der Waals surface area contributed by atoms with E-state index in [2.05, 4.69) is 5.32 Å². The van der Waals surface area contributed by atoms with Gasteiger partial charge in [-0.1, -0.05) is 62.4 Å². The van der Waals surface area contributed by atoms with Gasteiger partial charge in [0, 0.05) is 0 Å². The lowest BCUT2D eigenvalue weighted by atomic mass is 9.83. The highest BCUT2D eigenvalue weighted by molar-refractivity contribution is 6.07. The fourth-order valence-electron chi connectivity index (χ4n) is 4.22. The Morgan fingerprint density at radius 1 is 1.15 bits per heavy atom. The number of urea groups is 1. The zero-order valence-electron chi connectivity index (χ0n) is 15.6. The molecule has 146 valence electrons. The summed E-state index contributed by atoms with van der Waals surface area (Å²) in [7, 11) is 0. The zero-order chi connectivity index (χ0) is 19.2. The highest BCUT2D eigenvalue weighted by atomic mass is 16.3. The molecule has 1 saturated heterocycles. The SMILES string of the molecule is O=C(CO)[C@@H](CC1CCCCC1)N1C(=O)N[C@@H](CCc2ccccc2)C1=O. The van der Waals surface area contributed by atoms with Crippen LogP contribution in [0, 0.1) is 5.92 Å². The highest BCUT2D eigenvalue weighted by Gasteiger charge is 2.44. The Balaban J connectivity index is 1.67. The van der Waals surface area contributed by atoms with Gasteiger partial charge in [-0.25, -0.2) is 4.79 Å². The van der Waals surface area contributed by atoms with Crippen molar-refractivity contribution in [1.82, 2.24) is 10.2 Å². The number of carbonyl (C=O) groups is 3. The monoisotopic (exact) mass is 372 g/mol. The quantitative estimate of drug-likeness (QED) is 0.686. The fourth-order valence-corrected chi connectivity index (χ4v) is 4.22. The molecule has 3 amide bonds. The molecule has 0 bridgehead atoms. The number of aliphatic hydroxyl groups is 1. The van der Waals surface area contributed by atoms with Gasteiger partial charge < -0.3 is 10.4 Å². The number of hydrogen-bond acceptors (Lipinski definition) is 4. The Bertz CT molecular complexity index is 670. The van der Waals surface area contributed by atoms with Gasteiger partial charge in [-0.15, -0.1) is 0 Å². The summed E-state index contributed by atoms with van der Waals surface area (Å²) in [5.74, 6) is -0.477. The second-order valence-electron chi connectivity index (χ2n) is 7.61. The van der Waals surface area contributed by atoms with Crippen LogP contribution in [0.1, 0.15) is 50.5 Å². The van der Waals surface area contributed by atoms with Crippen LogP contribution in [-0.2, 0) is 16.0 Å². The van der Waals surface area contributed by atoms with Gasteiger partial charge in [-0.05, 0) is 30.7 Å². The van der Waals surface area contributed by atoms with E-state index in [0.29, 0.717) is 25.2 Å². The molecule has 0 spiro atoms. The maximum atomic E-state index is 12.8. The number of rotatable bonds is 8. The average molecular weight is 372 g/mol. The molecule has 1 aromatic rings. The molecule has 2 aliphatic rings. The smallest absolute Gasteiger partial charge is 0.325 e. The number of aliphatic hydroxyl groups excluding tert-OH is 1. The van der Waals surface area contributed by atoms with Crippen molar-refractivity contribution in [3.05, 3.63) is 35.9 Å². The van der Waals surface area contributed by atoms with Gasteiger partial charge in [-0.3, -0.25) is 14.5 Å². The van der Waals surface area contributed by atoms with E-state index in [9.17, 15) is 19.5 Å². The third kappa shape index (κ3) is 4.75. The van der Waals surface area contributed by atoms with E-state index < -0.39 is 30.5 Å². The standard InChI is InChI=1S/C21H28N2O4/c24-14-19(25)18(13-16-9-5-2-6-10-16)23-20(26)17(22-21(23)27)12-11-15-7-3-1-4-8-15/h1,3-4,7-8,16-18,24H,2,5-6,9-14H2,(H,22,27)/t17-,18+/m0/s1. The first-order chi connectivity index (χ1) is 13.1. The van der Waals surface area contributed by atoms with Crippen LogP contribution >= 0.6 is 0 Å². The average Bonchev–Trinajstić information content (AvgIpc) is 2.99. The zero-order valence-corrected chi connectivity index (χ0v) is 15.6. The molecule has 6 heteroatoms. The van der Waals surface area contributed by atoms with Gasteiger partial charge in [0.25, 0.3) is 5.91 Å². The van der Waals surface area contributed by atoms with Gasteiger partial charge >= 0.3 is 6.03 Å². The third-order valence-electron chi connectivity index (χ3n) is 5.74. The van der Waals surface area contributed by atoms with Crippen LogP contribution in [0.4, 0.5) is 4.79 Å². The van der Waals surface area contributed by atoms with Gasteiger partial charge in [0.1, 0.15) is 18.7 Å². The summed E-state index contributed by atoms with van der Waals surface area (Å²) in [6.45, 7) is -0.650. The number of amides is 3. The Kier molecular flexibility index (Phi) is 6.61. The molecular weight excluding hydrogens is 344 g/mol. The van der Waals surface area contributed by atoms with Crippen molar-refractivity contribution in [2.24, 2.45) is 5.92 Å². The second kappa shape index (κ2) is 9.13. The van der Waals surface area contributed by atoms with Gasteiger partial charge in [-0.2, -0.15) is 0 Å². The molecule has 1 aliphatic heterocycles. The molecule has 0 radical (unpaired) electrons. The third-order valence-corrected chi connectivity index (χ3v) is 5.74. The maximum Gasteiger partial charge on any atom is 0.325 e. The number of carbonyl (C=O) groups excluding carboxylic acids is 3. The van der Waals surface area contributed by atoms with Crippen LogP contribution in [0.25, 0.3) is 0 Å². The van der Waals surface area contributed by atoms with Gasteiger partial charge in [0.2, 0.25) is 0 Å². The Morgan fingerprint density at radius 3 is 2.52 bits per heavy atom. The number of nitrogens with zero attached hydrogens (tertiary/aromatic N) is 1. The lowest BCUT2D eigenvalue weighted by molar-refractivity contribution is -0.137. The van der Waals surface area contributed by atoms with Crippen LogP contribution in [-0.4, -0.2) is 46.4 Å². The van der Waals surface area contributed by atoms with E-state index in [4.69, 9.17) is 0 Å². The molecule has 2 fully saturated rings. The van der Waals surface area contributed by atoms with E-state index in [1.807, 2.05) is 30.3 Å². The van der Waals surface area contributed by atoms with Crippen molar-refractivity contribution in [1.29, 1.82) is 0 Å². The number of nitrogens with one attached hydrogen (secondary N) is 1. The molecule has 1 heterocycles. The highest BCUT2D eigenvalue weighted by Crippen LogP contribution is 2.30. The van der Waals surface area contributed by atoms with E-state index in [1.165, 1.54) is 6.42 Å². The molecule has 2 N–H and O–H groups in total. The Morgan fingerprint density at radius 2 is 1.85 bits per heavy atom. The summed E-state index contributed by atoms with van der Waals surface area (Å²) in [5, 5.41) is 12.1. The molecule has 1 aromatic carbocycles. The first-order valence-corrected chi connectivity index (χ1v) is 9.91. The van der Waals surface area contributed by atoms with Crippen LogP contribution in [0.5, 0.6) is 0 Å². The van der Waals surface area contributed by atoms with Crippen LogP contribution in [0.15, 0.2) is 30.3 Å². The van der Waals surface area contributed by atoms with Crippen molar-refractivity contribution >= 4 is 17.7 Å². The normalized spacial score (nSPS) is 22.0. The van der Waals surface area contributed by atoms with Crippen LogP contribution in [0.3, 0.4) is 0 Å². The molecule has 3 rings (SSSR count). The van der Waals surface area contributed by atoms with Crippen molar-refractivity contribution < 1.29 is 19.5 Å². The van der Waals surface area contributed by atoms with Crippen LogP contribution < -0.4 is 5.32 Å². The van der Waals surface area contributed by atoms with E-state index in [0.717, 1.165) is 36.1 Å². The summed E-state index contributed by atoms with van der Waals surface area (Å²) in [4.78, 5) is 38.7. The summed E-state index contributed by atoms with van der Waals surface area (Å²) in [6.07, 6.45) is 7.08. The Labute approximate surface area is 159 Å². The number of ketones is 1. The summed E-state index contributed by atoms with van der Waals surface area (Å²) in [5.41, 5.74) is 1.10. The predicted molar refractivity (Wildman–Crippen MR) is 101 cm³/mol. The van der Waals surface area contributed by atoms with Crippen molar-refractivity contribution in [3.8, 4) is 0 Å². The first-order valence-electron chi connectivity index (χ1n) is 9.91. The molecule has 6 nitrogen and oxygen atoms in total.